The summed E-state index contributed by atoms with van der Waals surface area (Å²) in [5, 5.41) is 32.9. The Morgan fingerprint density at radius 3 is 2.74 bits per heavy atom. The molecule has 216 valence electrons. The first-order valence-electron chi connectivity index (χ1n) is 12.9. The Labute approximate surface area is 249 Å². The molecule has 42 heavy (non-hydrogen) atoms. The predicted molar refractivity (Wildman–Crippen MR) is 158 cm³/mol. The molecule has 5 rings (SSSR count). The molecule has 0 spiro atoms. The Balaban J connectivity index is 1.41. The van der Waals surface area contributed by atoms with Gasteiger partial charge in [-0.25, -0.2) is 0 Å². The van der Waals surface area contributed by atoms with Crippen LogP contribution in [-0.2, 0) is 9.59 Å². The van der Waals surface area contributed by atoms with Crippen LogP contribution in [0.3, 0.4) is 0 Å². The summed E-state index contributed by atoms with van der Waals surface area (Å²) >= 11 is 2.31. The van der Waals surface area contributed by atoms with Crippen LogP contribution in [0.5, 0.6) is 0 Å². The molecule has 12 nitrogen and oxygen atoms in total. The van der Waals surface area contributed by atoms with Crippen LogP contribution in [0.15, 0.2) is 61.8 Å². The molecule has 1 unspecified atom stereocenters. The Morgan fingerprint density at radius 1 is 1.31 bits per heavy atom. The maximum absolute atomic E-state index is 13.6. The van der Waals surface area contributed by atoms with Crippen molar-refractivity contribution in [2.45, 2.75) is 50.8 Å². The number of anilines is 2. The van der Waals surface area contributed by atoms with Gasteiger partial charge in [-0.3, -0.25) is 24.6 Å². The smallest absolute Gasteiger partial charge is 0.274 e. The number of carbonyl (C=O) groups is 2. The van der Waals surface area contributed by atoms with Crippen molar-refractivity contribution in [2.75, 3.05) is 16.0 Å². The average molecular weight is 606 g/mol. The number of nitro groups is 1. The topological polar surface area (TPSA) is 181 Å². The molecule has 3 aromatic rings. The number of benzene rings is 1. The largest absolute Gasteiger partial charge is 0.465 e. The molecule has 0 bridgehead atoms. The molecular weight excluding hydrogens is 578 g/mol. The van der Waals surface area contributed by atoms with Crippen LogP contribution in [0.25, 0.3) is 0 Å². The first kappa shape index (κ1) is 29.0. The van der Waals surface area contributed by atoms with Crippen LogP contribution >= 0.6 is 23.1 Å². The summed E-state index contributed by atoms with van der Waals surface area (Å²) in [5.74, 6) is 0.0756. The van der Waals surface area contributed by atoms with Gasteiger partial charge >= 0.3 is 0 Å². The normalized spacial score (nSPS) is 18.1. The summed E-state index contributed by atoms with van der Waals surface area (Å²) in [7, 11) is 0. The number of nitrogens with two attached hydrogens (primary N) is 1. The minimum Gasteiger partial charge on any atom is -0.465 e. The van der Waals surface area contributed by atoms with Crippen LogP contribution < -0.4 is 16.0 Å². The maximum atomic E-state index is 13.6. The van der Waals surface area contributed by atoms with Crippen LogP contribution in [0.2, 0.25) is 0 Å². The number of amides is 1. The second-order valence-electron chi connectivity index (χ2n) is 10.9. The lowest BCUT2D eigenvalue weighted by molar-refractivity contribution is -0.385. The zero-order valence-corrected chi connectivity index (χ0v) is 24.9. The number of furan rings is 1. The second kappa shape index (κ2) is 11.1. The molecule has 1 atom stereocenters. The number of allylic oxidation sites excluding steroid dienone is 3. The van der Waals surface area contributed by atoms with Crippen molar-refractivity contribution >= 4 is 51.3 Å². The minimum atomic E-state index is -0.721. The van der Waals surface area contributed by atoms with Crippen LogP contribution in [0, 0.1) is 40.7 Å². The molecule has 0 saturated heterocycles. The quantitative estimate of drug-likeness (QED) is 0.202. The highest BCUT2D eigenvalue weighted by molar-refractivity contribution is 8.01. The van der Waals surface area contributed by atoms with E-state index in [1.54, 1.807) is 43.0 Å². The van der Waals surface area contributed by atoms with Crippen molar-refractivity contribution < 1.29 is 18.9 Å². The third kappa shape index (κ3) is 5.53. The fourth-order valence-electron chi connectivity index (χ4n) is 5.18. The summed E-state index contributed by atoms with van der Waals surface area (Å²) in [6.07, 6.45) is 0.821. The Bertz CT molecular complexity index is 1730. The highest BCUT2D eigenvalue weighted by Crippen LogP contribution is 2.51. The number of hydrogen-bond acceptors (Lipinski definition) is 12. The summed E-state index contributed by atoms with van der Waals surface area (Å²) in [5.41, 5.74) is 8.29. The Kier molecular flexibility index (Phi) is 7.65. The summed E-state index contributed by atoms with van der Waals surface area (Å²) in [6.45, 7) is 7.42. The fraction of sp³-hybridized carbons (Fsp3) is 0.321. The number of carbonyl (C=O) groups excluding carboxylic acids is 2. The van der Waals surface area contributed by atoms with E-state index in [4.69, 9.17) is 10.2 Å². The number of aryl methyl sites for hydroxylation is 2. The van der Waals surface area contributed by atoms with Gasteiger partial charge in [0, 0.05) is 35.0 Å². The first-order valence-corrected chi connectivity index (χ1v) is 14.7. The lowest BCUT2D eigenvalue weighted by Gasteiger charge is -2.42. The van der Waals surface area contributed by atoms with E-state index >= 15 is 0 Å². The van der Waals surface area contributed by atoms with Gasteiger partial charge in [-0.2, -0.15) is 5.26 Å². The number of nitriles is 1. The van der Waals surface area contributed by atoms with Crippen molar-refractivity contribution in [3.8, 4) is 6.07 Å². The van der Waals surface area contributed by atoms with Crippen molar-refractivity contribution in [1.82, 2.24) is 10.2 Å². The van der Waals surface area contributed by atoms with Gasteiger partial charge < -0.3 is 15.5 Å². The zero-order chi connectivity index (χ0) is 30.3. The molecular formula is C28H27N7O5S2. The van der Waals surface area contributed by atoms with E-state index < -0.39 is 10.8 Å². The van der Waals surface area contributed by atoms with Gasteiger partial charge in [0.15, 0.2) is 10.1 Å². The van der Waals surface area contributed by atoms with E-state index in [1.165, 1.54) is 17.4 Å². The van der Waals surface area contributed by atoms with E-state index in [2.05, 4.69) is 21.6 Å². The van der Waals surface area contributed by atoms with Gasteiger partial charge in [-0.05, 0) is 43.9 Å². The fourth-order valence-corrected chi connectivity index (χ4v) is 6.86. The van der Waals surface area contributed by atoms with E-state index in [1.807, 2.05) is 13.8 Å². The van der Waals surface area contributed by atoms with Crippen LogP contribution in [0.4, 0.5) is 16.5 Å². The SMILES string of the molecule is Cc1ccc(C2C(C#N)=C(N)N(c3nnc(SCC(=O)Nc4ccc(C)c([N+](=O)[O-])c4)s3)C3=C2C(=O)CC(C)(C)C3)o1. The third-order valence-corrected chi connectivity index (χ3v) is 9.07. The lowest BCUT2D eigenvalue weighted by atomic mass is 9.69. The van der Waals surface area contributed by atoms with Crippen LogP contribution in [0.1, 0.15) is 49.7 Å². The van der Waals surface area contributed by atoms with Gasteiger partial charge in [-0.15, -0.1) is 10.2 Å². The molecule has 1 aromatic carbocycles. The number of hydrogen-bond donors (Lipinski definition) is 2. The van der Waals surface area contributed by atoms with E-state index in [0.717, 1.165) is 11.8 Å². The molecule has 1 amide bonds. The summed E-state index contributed by atoms with van der Waals surface area (Å²) in [6, 6.07) is 10.2. The van der Waals surface area contributed by atoms with Crippen molar-refractivity contribution in [3.63, 3.8) is 0 Å². The molecule has 0 radical (unpaired) electrons. The number of ketones is 1. The third-order valence-electron chi connectivity index (χ3n) is 7.03. The number of nitrogens with one attached hydrogen (secondary N) is 1. The minimum absolute atomic E-state index is 0.0234. The lowest BCUT2D eigenvalue weighted by Crippen LogP contribution is -2.42. The number of rotatable bonds is 7. The highest BCUT2D eigenvalue weighted by atomic mass is 32.2. The number of aromatic nitrogens is 2. The number of thioether (sulfide) groups is 1. The van der Waals surface area contributed by atoms with E-state index in [0.29, 0.717) is 56.4 Å². The summed E-state index contributed by atoms with van der Waals surface area (Å²) in [4.78, 5) is 38.5. The van der Waals surface area contributed by atoms with Crippen molar-refractivity contribution in [2.24, 2.45) is 11.1 Å². The van der Waals surface area contributed by atoms with Gasteiger partial charge in [-0.1, -0.05) is 43.0 Å². The molecule has 2 aromatic heterocycles. The molecule has 14 heteroatoms. The monoisotopic (exact) mass is 605 g/mol. The molecule has 0 saturated carbocycles. The Hall–Kier alpha value is -4.48. The van der Waals surface area contributed by atoms with Gasteiger partial charge in [0.2, 0.25) is 11.0 Å². The molecule has 1 aliphatic carbocycles. The highest BCUT2D eigenvalue weighted by Gasteiger charge is 2.46. The molecule has 3 N–H and O–H groups in total. The molecule has 2 aliphatic rings. The Morgan fingerprint density at radius 2 is 2.07 bits per heavy atom. The number of nitrogens with zero attached hydrogens (tertiary/aromatic N) is 5. The molecule has 0 fully saturated rings. The van der Waals surface area contributed by atoms with Crippen molar-refractivity contribution in [1.29, 1.82) is 5.26 Å². The molecule has 1 aliphatic heterocycles. The zero-order valence-electron chi connectivity index (χ0n) is 23.3. The predicted octanol–water partition coefficient (Wildman–Crippen LogP) is 5.33. The van der Waals surface area contributed by atoms with E-state index in [-0.39, 0.29) is 39.9 Å². The van der Waals surface area contributed by atoms with Gasteiger partial charge in [0.25, 0.3) is 5.69 Å². The van der Waals surface area contributed by atoms with Crippen molar-refractivity contribution in [3.05, 3.63) is 80.2 Å². The standard InChI is InChI=1S/C28H27N7O5S2/c1-14-5-7-16(9-18(14)35(38)39)31-22(37)13-41-27-33-32-26(42-27)34-19-10-28(3,4)11-20(36)24(19)23(17(12-29)25(34)30)21-8-6-15(2)40-21/h5-9,23H,10-11,13,30H2,1-4H3,(H,31,37). The first-order chi connectivity index (χ1) is 19.9. The van der Waals surface area contributed by atoms with Crippen LogP contribution in [-0.4, -0.2) is 32.6 Å². The number of Topliss-reactive ketones (excluding diaryl/α,β-unsaturated/α-hetero) is 1. The van der Waals surface area contributed by atoms with Gasteiger partial charge in [0.05, 0.1) is 28.2 Å². The second-order valence-corrected chi connectivity index (χ2v) is 13.1. The maximum Gasteiger partial charge on any atom is 0.274 e. The average Bonchev–Trinajstić information content (AvgIpc) is 3.56. The van der Waals surface area contributed by atoms with Gasteiger partial charge in [0.1, 0.15) is 17.3 Å². The summed E-state index contributed by atoms with van der Waals surface area (Å²) < 4.78 is 6.34. The number of nitro benzene ring substituents is 1. The van der Waals surface area contributed by atoms with E-state index in [9.17, 15) is 25.0 Å². The molecule has 3 heterocycles.